The van der Waals surface area contributed by atoms with E-state index in [2.05, 4.69) is 5.32 Å². The molecule has 0 aliphatic rings. The molecule has 3 rings (SSSR count). The van der Waals surface area contributed by atoms with E-state index >= 15 is 0 Å². The number of anilines is 1. The van der Waals surface area contributed by atoms with Gasteiger partial charge in [0.25, 0.3) is 10.0 Å². The van der Waals surface area contributed by atoms with Gasteiger partial charge in [0, 0.05) is 18.2 Å². The Labute approximate surface area is 235 Å². The van der Waals surface area contributed by atoms with Crippen LogP contribution >= 0.6 is 0 Å². The molecule has 8 nitrogen and oxygen atoms in total. The Bertz CT molecular complexity index is 1430. The molecule has 10 heteroatoms. The maximum absolute atomic E-state index is 14.6. The topological polar surface area (TPSA) is 96.0 Å². The lowest BCUT2D eigenvalue weighted by Crippen LogP contribution is -2.52. The van der Waals surface area contributed by atoms with Crippen LogP contribution in [0, 0.1) is 12.7 Å². The Morgan fingerprint density at radius 3 is 2.20 bits per heavy atom. The van der Waals surface area contributed by atoms with E-state index in [4.69, 9.17) is 4.74 Å². The molecule has 1 atom stereocenters. The summed E-state index contributed by atoms with van der Waals surface area (Å²) in [4.78, 5) is 28.1. The second-order valence-electron chi connectivity index (χ2n) is 9.68. The van der Waals surface area contributed by atoms with Crippen LogP contribution in [0.25, 0.3) is 0 Å². The quantitative estimate of drug-likeness (QED) is 0.342. The smallest absolute Gasteiger partial charge is 0.264 e. The third kappa shape index (κ3) is 7.38. The molecule has 214 valence electrons. The molecule has 3 aromatic rings. The fourth-order valence-corrected chi connectivity index (χ4v) is 5.51. The van der Waals surface area contributed by atoms with Crippen LogP contribution in [0.1, 0.15) is 38.8 Å². The van der Waals surface area contributed by atoms with Gasteiger partial charge in [-0.2, -0.15) is 0 Å². The second kappa shape index (κ2) is 13.4. The molecule has 1 N–H and O–H groups in total. The number of aryl methyl sites for hydroxylation is 1. The lowest BCUT2D eigenvalue weighted by molar-refractivity contribution is -0.139. The van der Waals surface area contributed by atoms with E-state index < -0.39 is 40.2 Å². The van der Waals surface area contributed by atoms with Crippen LogP contribution in [0.15, 0.2) is 77.7 Å². The highest BCUT2D eigenvalue weighted by Gasteiger charge is 2.34. The second-order valence-corrected chi connectivity index (χ2v) is 11.5. The van der Waals surface area contributed by atoms with Gasteiger partial charge < -0.3 is 15.0 Å². The number of hydrogen-bond donors (Lipinski definition) is 1. The van der Waals surface area contributed by atoms with E-state index in [1.165, 1.54) is 42.2 Å². The maximum atomic E-state index is 14.6. The third-order valence-corrected chi connectivity index (χ3v) is 7.99. The molecule has 0 radical (unpaired) electrons. The van der Waals surface area contributed by atoms with Crippen molar-refractivity contribution in [3.05, 3.63) is 89.7 Å². The number of halogens is 1. The minimum Gasteiger partial charge on any atom is -0.492 e. The molecule has 0 aromatic heterocycles. The van der Waals surface area contributed by atoms with Crippen LogP contribution in [0.2, 0.25) is 0 Å². The van der Waals surface area contributed by atoms with Gasteiger partial charge in [0.05, 0.1) is 17.2 Å². The minimum absolute atomic E-state index is 0.0107. The van der Waals surface area contributed by atoms with Crippen molar-refractivity contribution in [2.24, 2.45) is 0 Å². The number of nitrogens with zero attached hydrogens (tertiary/aromatic N) is 2. The van der Waals surface area contributed by atoms with Crippen molar-refractivity contribution < 1.29 is 27.1 Å². The molecule has 2 amide bonds. The van der Waals surface area contributed by atoms with Gasteiger partial charge in [0.1, 0.15) is 24.2 Å². The van der Waals surface area contributed by atoms with Crippen molar-refractivity contribution >= 4 is 27.5 Å². The number of sulfonamides is 1. The number of nitrogens with one attached hydrogen (secondary N) is 1. The third-order valence-electron chi connectivity index (χ3n) is 6.22. The van der Waals surface area contributed by atoms with Crippen molar-refractivity contribution in [1.29, 1.82) is 0 Å². The van der Waals surface area contributed by atoms with Gasteiger partial charge in [-0.05, 0) is 65.0 Å². The number of ether oxygens (including phenoxy) is 1. The van der Waals surface area contributed by atoms with Gasteiger partial charge in [-0.1, -0.05) is 48.0 Å². The number of carbonyl (C=O) groups excluding carboxylic acids is 2. The maximum Gasteiger partial charge on any atom is 0.264 e. The molecular formula is C30H36FN3O5S. The van der Waals surface area contributed by atoms with Crippen LogP contribution in [0.5, 0.6) is 5.75 Å². The number of hydrogen-bond acceptors (Lipinski definition) is 5. The van der Waals surface area contributed by atoms with Gasteiger partial charge in [-0.3, -0.25) is 13.9 Å². The fourth-order valence-electron chi connectivity index (χ4n) is 4.09. The van der Waals surface area contributed by atoms with Gasteiger partial charge in [-0.25, -0.2) is 12.8 Å². The highest BCUT2D eigenvalue weighted by Crippen LogP contribution is 2.33. The van der Waals surface area contributed by atoms with Crippen molar-refractivity contribution in [2.75, 3.05) is 17.5 Å². The Balaban J connectivity index is 2.09. The summed E-state index contributed by atoms with van der Waals surface area (Å²) < 4.78 is 49.3. The molecule has 0 unspecified atom stereocenters. The molecule has 0 saturated carbocycles. The summed E-state index contributed by atoms with van der Waals surface area (Å²) in [6, 6.07) is 17.6. The van der Waals surface area contributed by atoms with Crippen molar-refractivity contribution in [3.8, 4) is 5.75 Å². The van der Waals surface area contributed by atoms with E-state index in [0.717, 1.165) is 9.87 Å². The van der Waals surface area contributed by atoms with E-state index in [1.807, 2.05) is 6.92 Å². The zero-order valence-corrected chi connectivity index (χ0v) is 24.2. The molecule has 0 bridgehead atoms. The van der Waals surface area contributed by atoms with E-state index in [1.54, 1.807) is 63.2 Å². The first-order valence-electron chi connectivity index (χ1n) is 13.1. The van der Waals surface area contributed by atoms with Crippen molar-refractivity contribution in [3.63, 3.8) is 0 Å². The van der Waals surface area contributed by atoms with Crippen molar-refractivity contribution in [1.82, 2.24) is 10.2 Å². The normalized spacial score (nSPS) is 12.1. The van der Waals surface area contributed by atoms with Gasteiger partial charge in [0.15, 0.2) is 0 Å². The van der Waals surface area contributed by atoms with Crippen LogP contribution in [-0.4, -0.2) is 50.4 Å². The van der Waals surface area contributed by atoms with E-state index in [-0.39, 0.29) is 41.1 Å². The average molecular weight is 570 g/mol. The number of amides is 2. The molecule has 0 aliphatic heterocycles. The summed E-state index contributed by atoms with van der Waals surface area (Å²) in [6.45, 7) is 8.11. The monoisotopic (exact) mass is 569 g/mol. The van der Waals surface area contributed by atoms with Gasteiger partial charge >= 0.3 is 0 Å². The van der Waals surface area contributed by atoms with Crippen LogP contribution in [-0.2, 0) is 26.2 Å². The van der Waals surface area contributed by atoms with E-state index in [0.29, 0.717) is 0 Å². The number of carbonyl (C=O) groups is 2. The van der Waals surface area contributed by atoms with Crippen LogP contribution in [0.3, 0.4) is 0 Å². The summed E-state index contributed by atoms with van der Waals surface area (Å²) in [5, 5.41) is 2.77. The Morgan fingerprint density at radius 1 is 0.950 bits per heavy atom. The SMILES string of the molecule is CCOc1ccccc1N(CC(=O)N(Cc1ccccc1F)[C@@H](C)C(=O)NC(C)C)S(=O)(=O)c1ccc(C)cc1. The largest absolute Gasteiger partial charge is 0.492 e. The summed E-state index contributed by atoms with van der Waals surface area (Å²) in [7, 11) is -4.26. The highest BCUT2D eigenvalue weighted by atomic mass is 32.2. The van der Waals surface area contributed by atoms with Gasteiger partial charge in [-0.15, -0.1) is 0 Å². The Kier molecular flexibility index (Phi) is 10.3. The van der Waals surface area contributed by atoms with Crippen molar-refractivity contribution in [2.45, 2.75) is 58.1 Å². The highest BCUT2D eigenvalue weighted by molar-refractivity contribution is 7.92. The minimum atomic E-state index is -4.26. The molecule has 0 aliphatic carbocycles. The zero-order valence-electron chi connectivity index (χ0n) is 23.4. The predicted molar refractivity (Wildman–Crippen MR) is 153 cm³/mol. The number of rotatable bonds is 12. The fraction of sp³-hybridized carbons (Fsp3) is 0.333. The Morgan fingerprint density at radius 2 is 1.57 bits per heavy atom. The summed E-state index contributed by atoms with van der Waals surface area (Å²) >= 11 is 0. The first kappa shape index (κ1) is 30.6. The summed E-state index contributed by atoms with van der Waals surface area (Å²) in [5.41, 5.74) is 1.24. The van der Waals surface area contributed by atoms with Gasteiger partial charge in [0.2, 0.25) is 11.8 Å². The average Bonchev–Trinajstić information content (AvgIpc) is 2.91. The molecule has 0 fully saturated rings. The summed E-state index contributed by atoms with van der Waals surface area (Å²) in [5.74, 6) is -1.39. The molecule has 0 saturated heterocycles. The molecule has 40 heavy (non-hydrogen) atoms. The molecule has 3 aromatic carbocycles. The lowest BCUT2D eigenvalue weighted by atomic mass is 10.1. The first-order valence-corrected chi connectivity index (χ1v) is 14.5. The molecule has 0 spiro atoms. The number of benzene rings is 3. The van der Waals surface area contributed by atoms with Crippen LogP contribution < -0.4 is 14.4 Å². The molecular weight excluding hydrogens is 533 g/mol. The van der Waals surface area contributed by atoms with Crippen LogP contribution in [0.4, 0.5) is 10.1 Å². The lowest BCUT2D eigenvalue weighted by Gasteiger charge is -2.32. The number of para-hydroxylation sites is 2. The standard InChI is InChI=1S/C30H36FN3O5S/c1-6-39-28-14-10-9-13-27(28)34(40(37,38)25-17-15-22(4)16-18-25)20-29(35)33(23(5)30(36)32-21(2)3)19-24-11-7-8-12-26(24)31/h7-18,21,23H,6,19-20H2,1-5H3,(H,32,36)/t23-/m0/s1. The first-order chi connectivity index (χ1) is 18.9. The van der Waals surface area contributed by atoms with E-state index in [9.17, 15) is 22.4 Å². The Hall–Kier alpha value is -3.92. The zero-order chi connectivity index (χ0) is 29.4. The summed E-state index contributed by atoms with van der Waals surface area (Å²) in [6.07, 6.45) is 0. The predicted octanol–water partition coefficient (Wildman–Crippen LogP) is 4.67. The molecule has 0 heterocycles.